The summed E-state index contributed by atoms with van der Waals surface area (Å²) in [6.07, 6.45) is 0. The molecule has 0 saturated heterocycles. The lowest BCUT2D eigenvalue weighted by Gasteiger charge is -2.24. The third-order valence-electron chi connectivity index (χ3n) is 8.60. The Kier molecular flexibility index (Phi) is 6.70. The number of hydrogen-bond donors (Lipinski definition) is 0. The molecule has 0 N–H and O–H groups in total. The molecule has 0 aromatic heterocycles. The summed E-state index contributed by atoms with van der Waals surface area (Å²) < 4.78 is 34.6. The van der Waals surface area contributed by atoms with E-state index in [0.29, 0.717) is 0 Å². The molecule has 4 aromatic rings. The van der Waals surface area contributed by atoms with Gasteiger partial charge >= 0.3 is 0 Å². The van der Waals surface area contributed by atoms with Crippen molar-refractivity contribution in [1.82, 2.24) is 0 Å². The van der Waals surface area contributed by atoms with Gasteiger partial charge in [-0.1, -0.05) is 24.3 Å². The number of methoxy groups -OCH3 is 6. The fourth-order valence-electron chi connectivity index (χ4n) is 6.92. The molecule has 4 aromatic carbocycles. The first-order valence-corrected chi connectivity index (χ1v) is 13.4. The van der Waals surface area contributed by atoms with Gasteiger partial charge in [-0.2, -0.15) is 0 Å². The predicted molar refractivity (Wildman–Crippen MR) is 154 cm³/mol. The minimum absolute atomic E-state index is 0.0329. The number of hydrogen-bond acceptors (Lipinski definition) is 6. The van der Waals surface area contributed by atoms with Gasteiger partial charge in [0.05, 0.1) is 42.7 Å². The molecule has 0 heterocycles. The van der Waals surface area contributed by atoms with Crippen LogP contribution in [-0.2, 0) is 0 Å². The summed E-state index contributed by atoms with van der Waals surface area (Å²) in [7, 11) is 10.2. The Bertz CT molecular complexity index is 1410. The Hall–Kier alpha value is -4.32. The van der Waals surface area contributed by atoms with Crippen molar-refractivity contribution in [2.75, 3.05) is 42.7 Å². The molecule has 0 aliphatic heterocycles. The Balaban J connectivity index is 1.67. The van der Waals surface area contributed by atoms with Gasteiger partial charge in [0.2, 0.25) is 0 Å². The smallest absolute Gasteiger partial charge is 0.126 e. The predicted octanol–water partition coefficient (Wildman–Crippen LogP) is 6.90. The molecule has 0 bridgehead atoms. The molecule has 2 aliphatic carbocycles. The van der Waals surface area contributed by atoms with Crippen LogP contribution in [-0.4, -0.2) is 42.7 Å². The third-order valence-corrected chi connectivity index (χ3v) is 8.60. The maximum Gasteiger partial charge on any atom is 0.126 e. The second-order valence-electron chi connectivity index (χ2n) is 10.2. The minimum Gasteiger partial charge on any atom is -0.497 e. The maximum absolute atomic E-state index is 6.04. The van der Waals surface area contributed by atoms with Gasteiger partial charge in [-0.25, -0.2) is 0 Å². The highest BCUT2D eigenvalue weighted by molar-refractivity contribution is 5.68. The number of rotatable bonds is 8. The van der Waals surface area contributed by atoms with Crippen molar-refractivity contribution in [2.45, 2.75) is 23.7 Å². The maximum atomic E-state index is 6.04. The summed E-state index contributed by atoms with van der Waals surface area (Å²) in [4.78, 5) is 0. The highest BCUT2D eigenvalue weighted by Gasteiger charge is 2.54. The molecular formula is C34H34O6. The molecule has 0 amide bonds. The lowest BCUT2D eigenvalue weighted by molar-refractivity contribution is 0.388. The monoisotopic (exact) mass is 538 g/mol. The van der Waals surface area contributed by atoms with Gasteiger partial charge < -0.3 is 28.4 Å². The van der Waals surface area contributed by atoms with Gasteiger partial charge in [-0.3, -0.25) is 0 Å². The SMILES string of the molecule is COc1ccc([C@@H]2c3c(OC)cc(OC)cc3[C@H]3[C@H](c4ccc(OC)cc4)c4c(OC)cc(OC)cc4[C@@H]23)cc1. The highest BCUT2D eigenvalue weighted by atomic mass is 16.5. The van der Waals surface area contributed by atoms with Crippen molar-refractivity contribution in [1.29, 1.82) is 0 Å². The van der Waals surface area contributed by atoms with E-state index >= 15 is 0 Å². The van der Waals surface area contributed by atoms with Crippen molar-refractivity contribution in [2.24, 2.45) is 0 Å². The van der Waals surface area contributed by atoms with E-state index in [2.05, 4.69) is 36.4 Å². The van der Waals surface area contributed by atoms with Gasteiger partial charge in [-0.05, 0) is 58.7 Å². The van der Waals surface area contributed by atoms with E-state index in [1.54, 1.807) is 42.7 Å². The van der Waals surface area contributed by atoms with E-state index in [1.807, 2.05) is 36.4 Å². The van der Waals surface area contributed by atoms with Crippen LogP contribution >= 0.6 is 0 Å². The fourth-order valence-corrected chi connectivity index (χ4v) is 6.92. The van der Waals surface area contributed by atoms with Crippen LogP contribution in [0.15, 0.2) is 72.8 Å². The van der Waals surface area contributed by atoms with Crippen LogP contribution in [0.1, 0.15) is 57.1 Å². The average molecular weight is 539 g/mol. The van der Waals surface area contributed by atoms with E-state index < -0.39 is 0 Å². The van der Waals surface area contributed by atoms with Crippen LogP contribution < -0.4 is 28.4 Å². The first-order valence-electron chi connectivity index (χ1n) is 13.4. The fraction of sp³-hybridized carbons (Fsp3) is 0.294. The number of fused-ring (bicyclic) bond motifs is 5. The molecule has 206 valence electrons. The molecule has 0 radical (unpaired) electrons. The zero-order chi connectivity index (χ0) is 28.0. The summed E-state index contributed by atoms with van der Waals surface area (Å²) in [5, 5.41) is 0. The first-order chi connectivity index (χ1) is 19.6. The summed E-state index contributed by atoms with van der Waals surface area (Å²) in [6.45, 7) is 0. The van der Waals surface area contributed by atoms with Crippen LogP contribution in [0.5, 0.6) is 34.5 Å². The quantitative estimate of drug-likeness (QED) is 0.243. The molecule has 6 nitrogen and oxygen atoms in total. The van der Waals surface area contributed by atoms with Crippen molar-refractivity contribution in [3.8, 4) is 34.5 Å². The van der Waals surface area contributed by atoms with Gasteiger partial charge in [0, 0.05) is 46.9 Å². The molecule has 40 heavy (non-hydrogen) atoms. The van der Waals surface area contributed by atoms with E-state index in [9.17, 15) is 0 Å². The Labute approximate surface area is 235 Å². The van der Waals surface area contributed by atoms with Crippen LogP contribution in [0.25, 0.3) is 0 Å². The van der Waals surface area contributed by atoms with Crippen molar-refractivity contribution in [3.63, 3.8) is 0 Å². The molecule has 2 aliphatic rings. The molecule has 0 fully saturated rings. The highest BCUT2D eigenvalue weighted by Crippen LogP contribution is 2.69. The normalized spacial score (nSPS) is 20.2. The van der Waals surface area contributed by atoms with Crippen molar-refractivity contribution < 1.29 is 28.4 Å². The third kappa shape index (κ3) is 3.93. The van der Waals surface area contributed by atoms with Gasteiger partial charge in [0.1, 0.15) is 34.5 Å². The lowest BCUT2D eigenvalue weighted by Crippen LogP contribution is -2.10. The van der Waals surface area contributed by atoms with Crippen molar-refractivity contribution in [3.05, 3.63) is 106 Å². The second-order valence-corrected chi connectivity index (χ2v) is 10.2. The molecule has 6 heteroatoms. The van der Waals surface area contributed by atoms with Crippen molar-refractivity contribution >= 4 is 0 Å². The number of ether oxygens (including phenoxy) is 6. The molecule has 0 spiro atoms. The van der Waals surface area contributed by atoms with Crippen LogP contribution in [0.2, 0.25) is 0 Å². The molecular weight excluding hydrogens is 504 g/mol. The molecule has 4 atom stereocenters. The zero-order valence-electron chi connectivity index (χ0n) is 23.7. The Morgan fingerprint density at radius 2 is 0.750 bits per heavy atom. The Morgan fingerprint density at radius 1 is 0.400 bits per heavy atom. The van der Waals surface area contributed by atoms with E-state index in [4.69, 9.17) is 28.4 Å². The summed E-state index contributed by atoms with van der Waals surface area (Å²) in [5.74, 6) is 5.14. The van der Waals surface area contributed by atoms with E-state index in [1.165, 1.54) is 33.4 Å². The lowest BCUT2D eigenvalue weighted by atomic mass is 9.79. The average Bonchev–Trinajstić information content (AvgIpc) is 3.53. The van der Waals surface area contributed by atoms with Gasteiger partial charge in [0.25, 0.3) is 0 Å². The van der Waals surface area contributed by atoms with Crippen LogP contribution in [0.3, 0.4) is 0 Å². The molecule has 6 rings (SSSR count). The minimum atomic E-state index is 0.0329. The summed E-state index contributed by atoms with van der Waals surface area (Å²) in [6, 6.07) is 25.1. The first kappa shape index (κ1) is 25.9. The second kappa shape index (κ2) is 10.3. The zero-order valence-corrected chi connectivity index (χ0v) is 23.7. The van der Waals surface area contributed by atoms with Crippen LogP contribution in [0.4, 0.5) is 0 Å². The van der Waals surface area contributed by atoms with Gasteiger partial charge in [0.15, 0.2) is 0 Å². The largest absolute Gasteiger partial charge is 0.497 e. The van der Waals surface area contributed by atoms with Gasteiger partial charge in [-0.15, -0.1) is 0 Å². The topological polar surface area (TPSA) is 55.4 Å². The molecule has 0 unspecified atom stereocenters. The number of benzene rings is 4. The summed E-state index contributed by atoms with van der Waals surface area (Å²) >= 11 is 0. The van der Waals surface area contributed by atoms with Crippen LogP contribution in [0, 0.1) is 0 Å². The summed E-state index contributed by atoms with van der Waals surface area (Å²) in [5.41, 5.74) is 7.21. The van der Waals surface area contributed by atoms with E-state index in [0.717, 1.165) is 34.5 Å². The standard InChI is InChI=1S/C34H34O6/c1-35-21-11-7-19(8-12-21)29-31-25(15-23(37-3)17-27(31)39-5)34-30(20-9-13-22(36-2)14-10-20)32-26(33(29)34)16-24(38-4)18-28(32)40-6/h7-18,29-30,33-34H,1-6H3/t29-,30-,33+,34+/m1/s1. The molecule has 0 saturated carbocycles. The van der Waals surface area contributed by atoms with E-state index in [-0.39, 0.29) is 23.7 Å². The Morgan fingerprint density at radius 3 is 1.05 bits per heavy atom.